The lowest BCUT2D eigenvalue weighted by Crippen LogP contribution is -2.04. The van der Waals surface area contributed by atoms with E-state index in [2.05, 4.69) is 0 Å². The van der Waals surface area contributed by atoms with E-state index in [1.807, 2.05) is 0 Å². The number of hydrogen-bond donors (Lipinski definition) is 1. The first-order valence-corrected chi connectivity index (χ1v) is 6.06. The molecule has 0 aliphatic rings. The molecule has 112 valence electrons. The summed E-state index contributed by atoms with van der Waals surface area (Å²) >= 11 is 0. The summed E-state index contributed by atoms with van der Waals surface area (Å²) in [6, 6.07) is 9.19. The molecule has 0 aromatic heterocycles. The Labute approximate surface area is 119 Å². The monoisotopic (exact) mass is 298 g/mol. The normalized spacial score (nSPS) is 11.2. The van der Waals surface area contributed by atoms with E-state index in [0.29, 0.717) is 17.1 Å². The van der Waals surface area contributed by atoms with Crippen molar-refractivity contribution < 1.29 is 27.8 Å². The summed E-state index contributed by atoms with van der Waals surface area (Å²) in [7, 11) is 1.44. The Bertz CT molecular complexity index is 607. The summed E-state index contributed by atoms with van der Waals surface area (Å²) in [5, 5.41) is 9.61. The van der Waals surface area contributed by atoms with Crippen LogP contribution in [0.4, 0.5) is 13.2 Å². The third kappa shape index (κ3) is 3.81. The number of alkyl halides is 3. The third-order valence-corrected chi connectivity index (χ3v) is 2.83. The van der Waals surface area contributed by atoms with Gasteiger partial charge in [-0.15, -0.1) is 0 Å². The van der Waals surface area contributed by atoms with Crippen molar-refractivity contribution in [3.05, 3.63) is 53.6 Å². The number of halogens is 3. The zero-order chi connectivity index (χ0) is 15.5. The molecular formula is C15H13F3O3. The molecule has 6 heteroatoms. The van der Waals surface area contributed by atoms with Gasteiger partial charge in [0.15, 0.2) is 11.5 Å². The van der Waals surface area contributed by atoms with E-state index in [0.717, 1.165) is 12.1 Å². The molecular weight excluding hydrogens is 285 g/mol. The molecule has 2 aromatic rings. The van der Waals surface area contributed by atoms with Gasteiger partial charge < -0.3 is 14.6 Å². The number of phenolic OH excluding ortho intramolecular Hbond substituents is 1. The molecule has 21 heavy (non-hydrogen) atoms. The van der Waals surface area contributed by atoms with E-state index in [1.165, 1.54) is 25.3 Å². The van der Waals surface area contributed by atoms with Crippen LogP contribution in [-0.2, 0) is 12.8 Å². The van der Waals surface area contributed by atoms with Gasteiger partial charge in [-0.3, -0.25) is 0 Å². The van der Waals surface area contributed by atoms with Crippen molar-refractivity contribution in [3.63, 3.8) is 0 Å². The molecule has 1 N–H and O–H groups in total. The number of ether oxygens (including phenoxy) is 2. The highest BCUT2D eigenvalue weighted by atomic mass is 19.4. The first-order valence-electron chi connectivity index (χ1n) is 6.06. The minimum atomic E-state index is -4.36. The average Bonchev–Trinajstić information content (AvgIpc) is 2.45. The van der Waals surface area contributed by atoms with E-state index in [1.54, 1.807) is 12.1 Å². The van der Waals surface area contributed by atoms with Gasteiger partial charge in [0.05, 0.1) is 12.7 Å². The van der Waals surface area contributed by atoms with Gasteiger partial charge in [-0.05, 0) is 42.0 Å². The van der Waals surface area contributed by atoms with Crippen molar-refractivity contribution in [2.45, 2.75) is 12.8 Å². The highest BCUT2D eigenvalue weighted by Crippen LogP contribution is 2.31. The molecule has 0 heterocycles. The van der Waals surface area contributed by atoms with E-state index in [4.69, 9.17) is 9.47 Å². The van der Waals surface area contributed by atoms with Crippen LogP contribution >= 0.6 is 0 Å². The molecule has 0 amide bonds. The Morgan fingerprint density at radius 1 is 1.05 bits per heavy atom. The van der Waals surface area contributed by atoms with Crippen molar-refractivity contribution in [2.24, 2.45) is 0 Å². The number of hydrogen-bond acceptors (Lipinski definition) is 3. The van der Waals surface area contributed by atoms with Gasteiger partial charge in [0, 0.05) is 0 Å². The van der Waals surface area contributed by atoms with Gasteiger partial charge in [0.2, 0.25) is 0 Å². The summed E-state index contributed by atoms with van der Waals surface area (Å²) in [6.07, 6.45) is -4.36. The minimum absolute atomic E-state index is 0.0222. The first kappa shape index (κ1) is 15.0. The Hall–Kier alpha value is -2.37. The van der Waals surface area contributed by atoms with Gasteiger partial charge in [0.1, 0.15) is 12.4 Å². The molecule has 0 radical (unpaired) electrons. The van der Waals surface area contributed by atoms with Crippen LogP contribution in [0.15, 0.2) is 42.5 Å². The van der Waals surface area contributed by atoms with Gasteiger partial charge >= 0.3 is 6.18 Å². The lowest BCUT2D eigenvalue weighted by Gasteiger charge is -2.10. The van der Waals surface area contributed by atoms with Gasteiger partial charge in [-0.1, -0.05) is 6.07 Å². The number of rotatable bonds is 4. The molecule has 0 saturated carbocycles. The van der Waals surface area contributed by atoms with Crippen molar-refractivity contribution in [2.75, 3.05) is 7.11 Å². The molecule has 0 aliphatic heterocycles. The van der Waals surface area contributed by atoms with E-state index >= 15 is 0 Å². The molecule has 0 bridgehead atoms. The van der Waals surface area contributed by atoms with Crippen LogP contribution in [-0.4, -0.2) is 12.2 Å². The summed E-state index contributed by atoms with van der Waals surface area (Å²) in [5.41, 5.74) is -0.0508. The number of benzene rings is 2. The van der Waals surface area contributed by atoms with Crippen molar-refractivity contribution >= 4 is 0 Å². The highest BCUT2D eigenvalue weighted by molar-refractivity contribution is 5.41. The van der Waals surface area contributed by atoms with Crippen LogP contribution in [0.5, 0.6) is 17.2 Å². The molecule has 0 aliphatic carbocycles. The first-order chi connectivity index (χ1) is 9.90. The van der Waals surface area contributed by atoms with Crippen LogP contribution in [0.1, 0.15) is 11.1 Å². The molecule has 0 atom stereocenters. The van der Waals surface area contributed by atoms with Crippen LogP contribution < -0.4 is 9.47 Å². The summed E-state index contributed by atoms with van der Waals surface area (Å²) in [5.74, 6) is 0.637. The zero-order valence-electron chi connectivity index (χ0n) is 11.1. The molecule has 2 aromatic carbocycles. The smallest absolute Gasteiger partial charge is 0.416 e. The van der Waals surface area contributed by atoms with Crippen LogP contribution in [0.2, 0.25) is 0 Å². The highest BCUT2D eigenvalue weighted by Gasteiger charge is 2.29. The van der Waals surface area contributed by atoms with E-state index in [-0.39, 0.29) is 12.4 Å². The minimum Gasteiger partial charge on any atom is -0.504 e. The second kappa shape index (κ2) is 5.95. The molecule has 0 spiro atoms. The molecule has 2 rings (SSSR count). The average molecular weight is 298 g/mol. The molecule has 0 unspecified atom stereocenters. The molecule has 3 nitrogen and oxygen atoms in total. The van der Waals surface area contributed by atoms with E-state index in [9.17, 15) is 18.3 Å². The Balaban J connectivity index is 2.01. The molecule has 0 saturated heterocycles. The second-order valence-corrected chi connectivity index (χ2v) is 4.32. The Kier molecular flexibility index (Phi) is 4.26. The maximum atomic E-state index is 12.4. The predicted molar refractivity (Wildman–Crippen MR) is 70.4 cm³/mol. The van der Waals surface area contributed by atoms with Crippen LogP contribution in [0, 0.1) is 0 Å². The summed E-state index contributed by atoms with van der Waals surface area (Å²) < 4.78 is 47.5. The summed E-state index contributed by atoms with van der Waals surface area (Å²) in [6.45, 7) is 0.128. The third-order valence-electron chi connectivity index (χ3n) is 2.83. The van der Waals surface area contributed by atoms with Gasteiger partial charge in [-0.25, -0.2) is 0 Å². The lowest BCUT2D eigenvalue weighted by molar-refractivity contribution is -0.137. The zero-order valence-corrected chi connectivity index (χ0v) is 11.1. The van der Waals surface area contributed by atoms with Gasteiger partial charge in [0.25, 0.3) is 0 Å². The standard InChI is InChI=1S/C15H13F3O3/c1-20-14-7-2-10(8-13(14)19)9-21-12-5-3-11(4-6-12)15(16,17)18/h2-8,19H,9H2,1H3. The maximum Gasteiger partial charge on any atom is 0.416 e. The number of aromatic hydroxyl groups is 1. The van der Waals surface area contributed by atoms with Crippen molar-refractivity contribution in [1.82, 2.24) is 0 Å². The van der Waals surface area contributed by atoms with Gasteiger partial charge in [-0.2, -0.15) is 13.2 Å². The molecule has 0 fully saturated rings. The van der Waals surface area contributed by atoms with Crippen molar-refractivity contribution in [1.29, 1.82) is 0 Å². The topological polar surface area (TPSA) is 38.7 Å². The lowest BCUT2D eigenvalue weighted by atomic mass is 10.2. The number of methoxy groups -OCH3 is 1. The fourth-order valence-corrected chi connectivity index (χ4v) is 1.73. The van der Waals surface area contributed by atoms with E-state index < -0.39 is 11.7 Å². The fourth-order valence-electron chi connectivity index (χ4n) is 1.73. The maximum absolute atomic E-state index is 12.4. The second-order valence-electron chi connectivity index (χ2n) is 4.32. The van der Waals surface area contributed by atoms with Crippen LogP contribution in [0.3, 0.4) is 0 Å². The SMILES string of the molecule is COc1ccc(COc2ccc(C(F)(F)F)cc2)cc1O. The Morgan fingerprint density at radius 3 is 2.24 bits per heavy atom. The quantitative estimate of drug-likeness (QED) is 0.927. The fraction of sp³-hybridized carbons (Fsp3) is 0.200. The van der Waals surface area contributed by atoms with Crippen LogP contribution in [0.25, 0.3) is 0 Å². The van der Waals surface area contributed by atoms with Crippen molar-refractivity contribution in [3.8, 4) is 17.2 Å². The largest absolute Gasteiger partial charge is 0.504 e. The Morgan fingerprint density at radius 2 is 1.71 bits per heavy atom. The number of phenols is 1. The predicted octanol–water partition coefficient (Wildman–Crippen LogP) is 4.00. The summed E-state index contributed by atoms with van der Waals surface area (Å²) in [4.78, 5) is 0.